The molecular formula is C15H23NO2S. The van der Waals surface area contributed by atoms with Crippen LogP contribution in [0.4, 0.5) is 5.69 Å². The molecule has 1 atom stereocenters. The van der Waals surface area contributed by atoms with Crippen molar-refractivity contribution < 1.29 is 8.42 Å². The molecule has 0 amide bonds. The first kappa shape index (κ1) is 14.4. The normalized spacial score (nSPS) is 19.0. The van der Waals surface area contributed by atoms with Gasteiger partial charge in [-0.1, -0.05) is 37.5 Å². The Bertz CT molecular complexity index is 478. The largest absolute Gasteiger partial charge is 0.384 e. The molecule has 1 N–H and O–H groups in total. The lowest BCUT2D eigenvalue weighted by Gasteiger charge is -2.25. The van der Waals surface area contributed by atoms with Crippen molar-refractivity contribution in [3.63, 3.8) is 0 Å². The molecule has 1 unspecified atom stereocenters. The predicted molar refractivity (Wildman–Crippen MR) is 80.2 cm³/mol. The van der Waals surface area contributed by atoms with Gasteiger partial charge in [-0.25, -0.2) is 8.42 Å². The van der Waals surface area contributed by atoms with Crippen LogP contribution in [0.1, 0.15) is 39.0 Å². The van der Waals surface area contributed by atoms with Gasteiger partial charge in [0.15, 0.2) is 9.84 Å². The molecule has 0 bridgehead atoms. The van der Waals surface area contributed by atoms with Crippen LogP contribution in [-0.4, -0.2) is 25.5 Å². The summed E-state index contributed by atoms with van der Waals surface area (Å²) in [6.45, 7) is 2.31. The Morgan fingerprint density at radius 3 is 2.42 bits per heavy atom. The molecule has 3 nitrogen and oxygen atoms in total. The molecule has 1 aliphatic carbocycles. The van der Waals surface area contributed by atoms with Crippen molar-refractivity contribution in [1.29, 1.82) is 0 Å². The van der Waals surface area contributed by atoms with E-state index in [1.54, 1.807) is 0 Å². The van der Waals surface area contributed by atoms with Crippen LogP contribution in [0, 0.1) is 0 Å². The van der Waals surface area contributed by atoms with Crippen LogP contribution in [0.2, 0.25) is 0 Å². The van der Waals surface area contributed by atoms with Crippen LogP contribution in [0.25, 0.3) is 0 Å². The quantitative estimate of drug-likeness (QED) is 0.901. The number of benzene rings is 1. The average molecular weight is 281 g/mol. The van der Waals surface area contributed by atoms with Crippen molar-refractivity contribution in [2.45, 2.75) is 49.5 Å². The molecule has 4 heteroatoms. The van der Waals surface area contributed by atoms with Gasteiger partial charge in [0.05, 0.1) is 10.5 Å². The first-order valence-electron chi connectivity index (χ1n) is 7.12. The van der Waals surface area contributed by atoms with E-state index in [-0.39, 0.29) is 10.5 Å². The topological polar surface area (TPSA) is 46.2 Å². The molecule has 19 heavy (non-hydrogen) atoms. The zero-order chi connectivity index (χ0) is 13.7. The van der Waals surface area contributed by atoms with Gasteiger partial charge in [0.25, 0.3) is 0 Å². The summed E-state index contributed by atoms with van der Waals surface area (Å²) >= 11 is 0. The molecule has 0 aromatic heterocycles. The highest BCUT2D eigenvalue weighted by Crippen LogP contribution is 2.26. The molecule has 1 aromatic carbocycles. The smallest absolute Gasteiger partial charge is 0.157 e. The average Bonchev–Trinajstić information content (AvgIpc) is 2.46. The van der Waals surface area contributed by atoms with Gasteiger partial charge in [-0.3, -0.25) is 0 Å². The molecule has 1 saturated carbocycles. The first-order chi connectivity index (χ1) is 9.10. The van der Waals surface area contributed by atoms with Gasteiger partial charge < -0.3 is 5.32 Å². The predicted octanol–water partition coefficient (Wildman–Crippen LogP) is 3.23. The molecule has 106 valence electrons. The third-order valence-corrected chi connectivity index (χ3v) is 6.63. The standard InChI is InChI=1S/C15H23NO2S/c1-13(12-16-14-8-4-2-5-9-14)19(17,18)15-10-6-3-7-11-15/h2,4-5,8-9,13,15-16H,3,6-7,10-12H2,1H3. The zero-order valence-electron chi connectivity index (χ0n) is 11.5. The van der Waals surface area contributed by atoms with Crippen LogP contribution in [0.15, 0.2) is 30.3 Å². The van der Waals surface area contributed by atoms with Crippen molar-refractivity contribution >= 4 is 15.5 Å². The molecule has 1 aromatic rings. The maximum atomic E-state index is 12.5. The van der Waals surface area contributed by atoms with Crippen LogP contribution >= 0.6 is 0 Å². The molecule has 2 rings (SSSR count). The third-order valence-electron chi connectivity index (χ3n) is 3.95. The summed E-state index contributed by atoms with van der Waals surface area (Å²) in [5.74, 6) is 0. The van der Waals surface area contributed by atoms with E-state index < -0.39 is 9.84 Å². The number of sulfone groups is 1. The first-order valence-corrected chi connectivity index (χ1v) is 8.73. The minimum absolute atomic E-state index is 0.117. The van der Waals surface area contributed by atoms with Crippen LogP contribution in [0.3, 0.4) is 0 Å². The van der Waals surface area contributed by atoms with E-state index in [4.69, 9.17) is 0 Å². The number of rotatable bonds is 5. The summed E-state index contributed by atoms with van der Waals surface area (Å²) in [5, 5.41) is 2.77. The second kappa shape index (κ2) is 6.42. The molecule has 0 heterocycles. The van der Waals surface area contributed by atoms with Crippen molar-refractivity contribution in [2.75, 3.05) is 11.9 Å². The van der Waals surface area contributed by atoms with Gasteiger partial charge in [0.2, 0.25) is 0 Å². The molecule has 1 aliphatic rings. The Hall–Kier alpha value is -1.03. The molecule has 0 aliphatic heterocycles. The highest BCUT2D eigenvalue weighted by molar-refractivity contribution is 7.92. The minimum atomic E-state index is -2.99. The van der Waals surface area contributed by atoms with Gasteiger partial charge >= 0.3 is 0 Å². The second-order valence-electron chi connectivity index (χ2n) is 5.41. The Balaban J connectivity index is 1.93. The Kier molecular flexibility index (Phi) is 4.86. The fraction of sp³-hybridized carbons (Fsp3) is 0.600. The van der Waals surface area contributed by atoms with E-state index in [0.717, 1.165) is 31.4 Å². The van der Waals surface area contributed by atoms with Crippen LogP contribution in [0.5, 0.6) is 0 Å². The summed E-state index contributed by atoms with van der Waals surface area (Å²) in [6.07, 6.45) is 4.99. The van der Waals surface area contributed by atoms with E-state index in [0.29, 0.717) is 6.54 Å². The van der Waals surface area contributed by atoms with E-state index in [9.17, 15) is 8.42 Å². The maximum Gasteiger partial charge on any atom is 0.157 e. The summed E-state index contributed by atoms with van der Waals surface area (Å²) in [4.78, 5) is 0. The highest BCUT2D eigenvalue weighted by atomic mass is 32.2. The molecule has 1 fully saturated rings. The zero-order valence-corrected chi connectivity index (χ0v) is 12.3. The van der Waals surface area contributed by atoms with Crippen LogP contribution < -0.4 is 5.32 Å². The lowest BCUT2D eigenvalue weighted by atomic mass is 10.0. The van der Waals surface area contributed by atoms with Crippen molar-refractivity contribution in [1.82, 2.24) is 0 Å². The van der Waals surface area contributed by atoms with Crippen molar-refractivity contribution in [2.24, 2.45) is 0 Å². The molecule has 0 radical (unpaired) electrons. The minimum Gasteiger partial charge on any atom is -0.384 e. The molecule has 0 saturated heterocycles. The van der Waals surface area contributed by atoms with Gasteiger partial charge in [-0.2, -0.15) is 0 Å². The number of hydrogen-bond acceptors (Lipinski definition) is 3. The van der Waals surface area contributed by atoms with E-state index in [2.05, 4.69) is 5.32 Å². The lowest BCUT2D eigenvalue weighted by Crippen LogP contribution is -2.35. The maximum absolute atomic E-state index is 12.5. The SMILES string of the molecule is CC(CNc1ccccc1)S(=O)(=O)C1CCCCC1. The van der Waals surface area contributed by atoms with Gasteiger partial charge in [0, 0.05) is 12.2 Å². The van der Waals surface area contributed by atoms with E-state index >= 15 is 0 Å². The number of anilines is 1. The third kappa shape index (κ3) is 3.72. The van der Waals surface area contributed by atoms with Gasteiger partial charge in [-0.05, 0) is 31.9 Å². The Morgan fingerprint density at radius 2 is 1.79 bits per heavy atom. The fourth-order valence-corrected chi connectivity index (χ4v) is 4.62. The van der Waals surface area contributed by atoms with Gasteiger partial charge in [-0.15, -0.1) is 0 Å². The van der Waals surface area contributed by atoms with Crippen molar-refractivity contribution in [3.8, 4) is 0 Å². The Labute approximate surface area is 116 Å². The van der Waals surface area contributed by atoms with E-state index in [1.807, 2.05) is 37.3 Å². The van der Waals surface area contributed by atoms with Gasteiger partial charge in [0.1, 0.15) is 0 Å². The number of hydrogen-bond donors (Lipinski definition) is 1. The van der Waals surface area contributed by atoms with Crippen molar-refractivity contribution in [3.05, 3.63) is 30.3 Å². The molecule has 0 spiro atoms. The van der Waals surface area contributed by atoms with Crippen LogP contribution in [-0.2, 0) is 9.84 Å². The summed E-state index contributed by atoms with van der Waals surface area (Å²) in [7, 11) is -2.99. The summed E-state index contributed by atoms with van der Waals surface area (Å²) in [6, 6.07) is 9.76. The fourth-order valence-electron chi connectivity index (χ4n) is 2.66. The monoisotopic (exact) mass is 281 g/mol. The summed E-state index contributed by atoms with van der Waals surface area (Å²) in [5.41, 5.74) is 0.980. The Morgan fingerprint density at radius 1 is 1.16 bits per heavy atom. The number of nitrogens with one attached hydrogen (secondary N) is 1. The highest BCUT2D eigenvalue weighted by Gasteiger charge is 2.31. The number of para-hydroxylation sites is 1. The lowest BCUT2D eigenvalue weighted by molar-refractivity contribution is 0.479. The second-order valence-corrected chi connectivity index (χ2v) is 8.06. The summed E-state index contributed by atoms with van der Waals surface area (Å²) < 4.78 is 24.9. The van der Waals surface area contributed by atoms with E-state index in [1.165, 1.54) is 6.42 Å². The molecular weight excluding hydrogens is 258 g/mol.